The molecule has 0 bridgehead atoms. The van der Waals surface area contributed by atoms with Crippen molar-refractivity contribution in [2.45, 2.75) is 6.54 Å². The summed E-state index contributed by atoms with van der Waals surface area (Å²) in [6.07, 6.45) is 1.66. The van der Waals surface area contributed by atoms with Crippen LogP contribution < -0.4 is 5.32 Å². The second-order valence-electron chi connectivity index (χ2n) is 3.49. The van der Waals surface area contributed by atoms with E-state index in [1.54, 1.807) is 18.3 Å². The molecular formula is C13H10ClN3. The van der Waals surface area contributed by atoms with E-state index in [4.69, 9.17) is 16.9 Å². The first-order valence-electron chi connectivity index (χ1n) is 5.13. The van der Waals surface area contributed by atoms with Gasteiger partial charge in [-0.1, -0.05) is 23.7 Å². The summed E-state index contributed by atoms with van der Waals surface area (Å²) < 4.78 is 0. The van der Waals surface area contributed by atoms with E-state index in [0.717, 1.165) is 5.56 Å². The minimum absolute atomic E-state index is 0.543. The third-order valence-corrected chi connectivity index (χ3v) is 2.55. The van der Waals surface area contributed by atoms with Crippen molar-refractivity contribution >= 4 is 17.4 Å². The van der Waals surface area contributed by atoms with Crippen LogP contribution in [0, 0.1) is 11.3 Å². The molecule has 0 amide bonds. The lowest BCUT2D eigenvalue weighted by atomic mass is 10.2. The molecular weight excluding hydrogens is 234 g/mol. The molecule has 1 aromatic carbocycles. The Kier molecular flexibility index (Phi) is 3.59. The second-order valence-corrected chi connectivity index (χ2v) is 3.93. The molecule has 1 heterocycles. The van der Waals surface area contributed by atoms with Crippen LogP contribution >= 0.6 is 11.6 Å². The predicted molar refractivity (Wildman–Crippen MR) is 67.7 cm³/mol. The van der Waals surface area contributed by atoms with Crippen molar-refractivity contribution in [1.82, 2.24) is 4.98 Å². The van der Waals surface area contributed by atoms with Crippen LogP contribution in [-0.2, 0) is 6.54 Å². The lowest BCUT2D eigenvalue weighted by Gasteiger charge is -2.06. The van der Waals surface area contributed by atoms with Crippen LogP contribution in [0.25, 0.3) is 0 Å². The molecule has 3 nitrogen and oxygen atoms in total. The van der Waals surface area contributed by atoms with Crippen LogP contribution in [0.4, 0.5) is 5.82 Å². The standard InChI is InChI=1S/C13H10ClN3/c14-12-5-3-10(4-6-12)9-17-13-11(8-15)2-1-7-16-13/h1-7H,9H2,(H,16,17). The van der Waals surface area contributed by atoms with Gasteiger partial charge in [0.2, 0.25) is 0 Å². The molecule has 0 radical (unpaired) electrons. The first kappa shape index (κ1) is 11.4. The highest BCUT2D eigenvalue weighted by Gasteiger charge is 2.01. The predicted octanol–water partition coefficient (Wildman–Crippen LogP) is 3.22. The van der Waals surface area contributed by atoms with Gasteiger partial charge in [0.1, 0.15) is 11.9 Å². The summed E-state index contributed by atoms with van der Waals surface area (Å²) in [5.74, 6) is 0.602. The fourth-order valence-corrected chi connectivity index (χ4v) is 1.55. The Hall–Kier alpha value is -2.05. The van der Waals surface area contributed by atoms with Crippen molar-refractivity contribution in [3.05, 3.63) is 58.7 Å². The summed E-state index contributed by atoms with van der Waals surface area (Å²) in [6, 6.07) is 13.1. The van der Waals surface area contributed by atoms with Gasteiger partial charge < -0.3 is 5.32 Å². The molecule has 84 valence electrons. The van der Waals surface area contributed by atoms with E-state index < -0.39 is 0 Å². The summed E-state index contributed by atoms with van der Waals surface area (Å²) in [6.45, 7) is 0.614. The lowest BCUT2D eigenvalue weighted by Crippen LogP contribution is -2.02. The first-order valence-corrected chi connectivity index (χ1v) is 5.51. The molecule has 0 aliphatic rings. The molecule has 0 unspecified atom stereocenters. The van der Waals surface area contributed by atoms with Gasteiger partial charge in [-0.05, 0) is 29.8 Å². The van der Waals surface area contributed by atoms with Crippen molar-refractivity contribution in [2.24, 2.45) is 0 Å². The molecule has 0 saturated carbocycles. The Balaban J connectivity index is 2.08. The number of pyridine rings is 1. The Labute approximate surface area is 105 Å². The van der Waals surface area contributed by atoms with Gasteiger partial charge in [-0.3, -0.25) is 0 Å². The van der Waals surface area contributed by atoms with Crippen LogP contribution in [0.3, 0.4) is 0 Å². The molecule has 0 fully saturated rings. The largest absolute Gasteiger partial charge is 0.365 e. The van der Waals surface area contributed by atoms with E-state index in [1.807, 2.05) is 24.3 Å². The number of benzene rings is 1. The Morgan fingerprint density at radius 2 is 2.00 bits per heavy atom. The second kappa shape index (κ2) is 5.33. The molecule has 1 N–H and O–H groups in total. The third-order valence-electron chi connectivity index (χ3n) is 2.30. The molecule has 2 rings (SSSR count). The van der Waals surface area contributed by atoms with Crippen molar-refractivity contribution in [3.8, 4) is 6.07 Å². The van der Waals surface area contributed by atoms with E-state index in [9.17, 15) is 0 Å². The van der Waals surface area contributed by atoms with Gasteiger partial charge in [-0.2, -0.15) is 5.26 Å². The fraction of sp³-hybridized carbons (Fsp3) is 0.0769. The number of hydrogen-bond acceptors (Lipinski definition) is 3. The normalized spacial score (nSPS) is 9.65. The highest BCUT2D eigenvalue weighted by molar-refractivity contribution is 6.30. The van der Waals surface area contributed by atoms with Crippen LogP contribution in [0.2, 0.25) is 5.02 Å². The zero-order chi connectivity index (χ0) is 12.1. The van der Waals surface area contributed by atoms with Crippen molar-refractivity contribution in [1.29, 1.82) is 5.26 Å². The fourth-order valence-electron chi connectivity index (χ4n) is 1.42. The number of halogens is 1. The number of rotatable bonds is 3. The average molecular weight is 244 g/mol. The molecule has 0 aliphatic carbocycles. The number of hydrogen-bond donors (Lipinski definition) is 1. The quantitative estimate of drug-likeness (QED) is 0.901. The monoisotopic (exact) mass is 243 g/mol. The smallest absolute Gasteiger partial charge is 0.144 e. The maximum absolute atomic E-state index is 8.90. The maximum atomic E-state index is 8.90. The highest BCUT2D eigenvalue weighted by Crippen LogP contribution is 2.13. The van der Waals surface area contributed by atoms with Gasteiger partial charge in [0, 0.05) is 17.8 Å². The molecule has 0 saturated heterocycles. The maximum Gasteiger partial charge on any atom is 0.144 e. The first-order chi connectivity index (χ1) is 8.29. The van der Waals surface area contributed by atoms with E-state index in [2.05, 4.69) is 16.4 Å². The summed E-state index contributed by atoms with van der Waals surface area (Å²) >= 11 is 5.80. The van der Waals surface area contributed by atoms with Crippen LogP contribution in [0.15, 0.2) is 42.6 Å². The van der Waals surface area contributed by atoms with Crippen LogP contribution in [-0.4, -0.2) is 4.98 Å². The summed E-state index contributed by atoms with van der Waals surface area (Å²) in [5.41, 5.74) is 1.63. The zero-order valence-corrected chi connectivity index (χ0v) is 9.78. The molecule has 0 aliphatic heterocycles. The zero-order valence-electron chi connectivity index (χ0n) is 9.02. The molecule has 1 aromatic heterocycles. The number of aromatic nitrogens is 1. The van der Waals surface area contributed by atoms with E-state index in [1.165, 1.54) is 0 Å². The molecule has 2 aromatic rings. The minimum Gasteiger partial charge on any atom is -0.365 e. The van der Waals surface area contributed by atoms with Crippen molar-refractivity contribution in [2.75, 3.05) is 5.32 Å². The summed E-state index contributed by atoms with van der Waals surface area (Å²) in [7, 11) is 0. The number of nitrogens with zero attached hydrogens (tertiary/aromatic N) is 2. The van der Waals surface area contributed by atoms with Crippen LogP contribution in [0.1, 0.15) is 11.1 Å². The molecule has 4 heteroatoms. The average Bonchev–Trinajstić information content (AvgIpc) is 2.38. The number of anilines is 1. The van der Waals surface area contributed by atoms with E-state index >= 15 is 0 Å². The van der Waals surface area contributed by atoms with Gasteiger partial charge in [-0.25, -0.2) is 4.98 Å². The van der Waals surface area contributed by atoms with Crippen molar-refractivity contribution in [3.63, 3.8) is 0 Å². The van der Waals surface area contributed by atoms with Gasteiger partial charge >= 0.3 is 0 Å². The van der Waals surface area contributed by atoms with Gasteiger partial charge in [0.25, 0.3) is 0 Å². The van der Waals surface area contributed by atoms with E-state index in [-0.39, 0.29) is 0 Å². The number of nitriles is 1. The Bertz CT molecular complexity index is 543. The number of nitrogens with one attached hydrogen (secondary N) is 1. The van der Waals surface area contributed by atoms with Gasteiger partial charge in [-0.15, -0.1) is 0 Å². The van der Waals surface area contributed by atoms with E-state index in [0.29, 0.717) is 22.9 Å². The van der Waals surface area contributed by atoms with Crippen molar-refractivity contribution < 1.29 is 0 Å². The topological polar surface area (TPSA) is 48.7 Å². The third kappa shape index (κ3) is 2.96. The Morgan fingerprint density at radius 3 is 2.71 bits per heavy atom. The van der Waals surface area contributed by atoms with Gasteiger partial charge in [0.15, 0.2) is 0 Å². The minimum atomic E-state index is 0.543. The molecule has 17 heavy (non-hydrogen) atoms. The van der Waals surface area contributed by atoms with Gasteiger partial charge in [0.05, 0.1) is 5.56 Å². The highest BCUT2D eigenvalue weighted by atomic mass is 35.5. The molecule has 0 spiro atoms. The SMILES string of the molecule is N#Cc1cccnc1NCc1ccc(Cl)cc1. The lowest BCUT2D eigenvalue weighted by molar-refractivity contribution is 1.11. The summed E-state index contributed by atoms with van der Waals surface area (Å²) in [5, 5.41) is 12.7. The summed E-state index contributed by atoms with van der Waals surface area (Å²) in [4.78, 5) is 4.12. The Morgan fingerprint density at radius 1 is 1.24 bits per heavy atom. The van der Waals surface area contributed by atoms with Crippen LogP contribution in [0.5, 0.6) is 0 Å². The molecule has 0 atom stereocenters.